The van der Waals surface area contributed by atoms with Gasteiger partial charge in [0.05, 0.1) is 4.92 Å². The molecule has 0 fully saturated rings. The average Bonchev–Trinajstić information content (AvgIpc) is 2.84. The van der Waals surface area contributed by atoms with Crippen molar-refractivity contribution in [1.29, 1.82) is 0 Å². The third-order valence-electron chi connectivity index (χ3n) is 2.72. The predicted molar refractivity (Wildman–Crippen MR) is 68.5 cm³/mol. The Balaban J connectivity index is 2.39. The number of nitrogens with zero attached hydrogens (tertiary/aromatic N) is 3. The monoisotopic (exact) mass is 262 g/mol. The molecule has 2 rings (SSSR count). The molecule has 0 unspecified atom stereocenters. The SMILES string of the molecule is Cc1cccc(-c2nc(CCCN)no2)c1[N+](=O)[O-]. The summed E-state index contributed by atoms with van der Waals surface area (Å²) in [6.07, 6.45) is 1.34. The molecule has 0 atom stereocenters. The van der Waals surface area contributed by atoms with Crippen LogP contribution >= 0.6 is 0 Å². The van der Waals surface area contributed by atoms with E-state index >= 15 is 0 Å². The van der Waals surface area contributed by atoms with Gasteiger partial charge in [-0.2, -0.15) is 4.98 Å². The molecular formula is C12H14N4O3. The molecule has 1 heterocycles. The third kappa shape index (κ3) is 2.76. The van der Waals surface area contributed by atoms with E-state index in [-0.39, 0.29) is 11.6 Å². The molecular weight excluding hydrogens is 248 g/mol. The first-order valence-corrected chi connectivity index (χ1v) is 5.90. The summed E-state index contributed by atoms with van der Waals surface area (Å²) in [7, 11) is 0. The number of nitro benzene ring substituents is 1. The summed E-state index contributed by atoms with van der Waals surface area (Å²) in [5.74, 6) is 0.679. The van der Waals surface area contributed by atoms with Crippen molar-refractivity contribution in [3.05, 3.63) is 39.7 Å². The summed E-state index contributed by atoms with van der Waals surface area (Å²) in [5.41, 5.74) is 6.30. The fraction of sp³-hybridized carbons (Fsp3) is 0.333. The van der Waals surface area contributed by atoms with Gasteiger partial charge in [0.25, 0.3) is 11.6 Å². The molecule has 1 aromatic heterocycles. The Bertz CT molecular complexity index is 594. The lowest BCUT2D eigenvalue weighted by atomic mass is 10.1. The number of nitrogens with two attached hydrogens (primary N) is 1. The van der Waals surface area contributed by atoms with E-state index in [4.69, 9.17) is 10.3 Å². The molecule has 7 nitrogen and oxygen atoms in total. The van der Waals surface area contributed by atoms with Crippen LogP contribution in [0.3, 0.4) is 0 Å². The van der Waals surface area contributed by atoms with Gasteiger partial charge in [0, 0.05) is 12.0 Å². The van der Waals surface area contributed by atoms with E-state index in [1.54, 1.807) is 25.1 Å². The Kier molecular flexibility index (Phi) is 3.86. The van der Waals surface area contributed by atoms with Crippen molar-refractivity contribution in [1.82, 2.24) is 10.1 Å². The number of aromatic nitrogens is 2. The molecule has 0 saturated heterocycles. The number of hydrogen-bond donors (Lipinski definition) is 1. The summed E-state index contributed by atoms with van der Waals surface area (Å²) < 4.78 is 5.09. The summed E-state index contributed by atoms with van der Waals surface area (Å²) in [5, 5.41) is 14.9. The molecule has 0 spiro atoms. The quantitative estimate of drug-likeness (QED) is 0.650. The van der Waals surface area contributed by atoms with E-state index in [9.17, 15) is 10.1 Å². The van der Waals surface area contributed by atoms with Gasteiger partial charge in [-0.25, -0.2) is 0 Å². The summed E-state index contributed by atoms with van der Waals surface area (Å²) >= 11 is 0. The molecule has 0 aliphatic rings. The predicted octanol–water partition coefficient (Wildman–Crippen LogP) is 1.84. The van der Waals surface area contributed by atoms with Crippen LogP contribution < -0.4 is 5.73 Å². The first-order valence-electron chi connectivity index (χ1n) is 5.90. The van der Waals surface area contributed by atoms with Crippen molar-refractivity contribution in [3.8, 4) is 11.5 Å². The van der Waals surface area contributed by atoms with Gasteiger partial charge in [-0.15, -0.1) is 0 Å². The number of aryl methyl sites for hydroxylation is 2. The van der Waals surface area contributed by atoms with Crippen LogP contribution in [-0.2, 0) is 6.42 Å². The van der Waals surface area contributed by atoms with Gasteiger partial charge in [-0.3, -0.25) is 10.1 Å². The first-order chi connectivity index (χ1) is 9.13. The van der Waals surface area contributed by atoms with Crippen LogP contribution in [0.2, 0.25) is 0 Å². The van der Waals surface area contributed by atoms with Crippen LogP contribution in [0.25, 0.3) is 11.5 Å². The maximum atomic E-state index is 11.1. The molecule has 0 aliphatic carbocycles. The van der Waals surface area contributed by atoms with Crippen molar-refractivity contribution in [2.24, 2.45) is 5.73 Å². The second-order valence-electron chi connectivity index (χ2n) is 4.14. The van der Waals surface area contributed by atoms with E-state index < -0.39 is 4.92 Å². The van der Waals surface area contributed by atoms with Crippen molar-refractivity contribution in [3.63, 3.8) is 0 Å². The fourth-order valence-corrected chi connectivity index (χ4v) is 1.80. The van der Waals surface area contributed by atoms with Crippen LogP contribution in [0.1, 0.15) is 17.8 Å². The molecule has 2 N–H and O–H groups in total. The second-order valence-corrected chi connectivity index (χ2v) is 4.14. The topological polar surface area (TPSA) is 108 Å². The van der Waals surface area contributed by atoms with Crippen molar-refractivity contribution >= 4 is 5.69 Å². The Morgan fingerprint density at radius 1 is 1.47 bits per heavy atom. The zero-order valence-corrected chi connectivity index (χ0v) is 10.5. The lowest BCUT2D eigenvalue weighted by Gasteiger charge is -2.00. The minimum absolute atomic E-state index is 0.00322. The molecule has 100 valence electrons. The molecule has 1 aromatic carbocycles. The summed E-state index contributed by atoms with van der Waals surface area (Å²) in [6.45, 7) is 2.21. The molecule has 0 radical (unpaired) electrons. The highest BCUT2D eigenvalue weighted by molar-refractivity contribution is 5.69. The molecule has 19 heavy (non-hydrogen) atoms. The largest absolute Gasteiger partial charge is 0.334 e. The second kappa shape index (κ2) is 5.57. The minimum Gasteiger partial charge on any atom is -0.334 e. The van der Waals surface area contributed by atoms with Crippen LogP contribution in [-0.4, -0.2) is 21.6 Å². The Morgan fingerprint density at radius 3 is 2.95 bits per heavy atom. The third-order valence-corrected chi connectivity index (χ3v) is 2.72. The molecule has 0 saturated carbocycles. The first kappa shape index (κ1) is 13.2. The Labute approximate surface area is 109 Å². The normalized spacial score (nSPS) is 10.6. The van der Waals surface area contributed by atoms with Crippen LogP contribution in [0.4, 0.5) is 5.69 Å². The van der Waals surface area contributed by atoms with Gasteiger partial charge < -0.3 is 10.3 Å². The number of benzene rings is 1. The zero-order valence-electron chi connectivity index (χ0n) is 10.5. The molecule has 0 amide bonds. The highest BCUT2D eigenvalue weighted by Crippen LogP contribution is 2.31. The number of rotatable bonds is 5. The van der Waals surface area contributed by atoms with Gasteiger partial charge in [-0.05, 0) is 26.0 Å². The highest BCUT2D eigenvalue weighted by atomic mass is 16.6. The lowest BCUT2D eigenvalue weighted by Crippen LogP contribution is -2.01. The molecule has 0 aliphatic heterocycles. The number of hydrogen-bond acceptors (Lipinski definition) is 6. The number of nitro groups is 1. The zero-order chi connectivity index (χ0) is 13.8. The molecule has 7 heteroatoms. The van der Waals surface area contributed by atoms with Crippen molar-refractivity contribution < 1.29 is 9.45 Å². The van der Waals surface area contributed by atoms with E-state index in [2.05, 4.69) is 10.1 Å². The van der Waals surface area contributed by atoms with E-state index in [0.717, 1.165) is 6.42 Å². The maximum absolute atomic E-state index is 11.1. The van der Waals surface area contributed by atoms with Crippen LogP contribution in [0.15, 0.2) is 22.7 Å². The van der Waals surface area contributed by atoms with Gasteiger partial charge in [-0.1, -0.05) is 17.3 Å². The smallest absolute Gasteiger partial charge is 0.285 e. The van der Waals surface area contributed by atoms with Crippen molar-refractivity contribution in [2.45, 2.75) is 19.8 Å². The van der Waals surface area contributed by atoms with Gasteiger partial charge in [0.1, 0.15) is 5.56 Å². The van der Waals surface area contributed by atoms with E-state index in [1.165, 1.54) is 0 Å². The summed E-state index contributed by atoms with van der Waals surface area (Å²) in [6, 6.07) is 5.00. The summed E-state index contributed by atoms with van der Waals surface area (Å²) in [4.78, 5) is 14.8. The number of para-hydroxylation sites is 1. The maximum Gasteiger partial charge on any atom is 0.285 e. The van der Waals surface area contributed by atoms with E-state index in [0.29, 0.717) is 29.9 Å². The highest BCUT2D eigenvalue weighted by Gasteiger charge is 2.22. The fourth-order valence-electron chi connectivity index (χ4n) is 1.80. The molecule has 2 aromatic rings. The van der Waals surface area contributed by atoms with Gasteiger partial charge in [0.2, 0.25) is 0 Å². The van der Waals surface area contributed by atoms with E-state index in [1.807, 2.05) is 0 Å². The molecule has 0 bridgehead atoms. The Morgan fingerprint density at radius 2 is 2.26 bits per heavy atom. The van der Waals surface area contributed by atoms with Crippen LogP contribution in [0.5, 0.6) is 0 Å². The lowest BCUT2D eigenvalue weighted by molar-refractivity contribution is -0.384. The van der Waals surface area contributed by atoms with Crippen LogP contribution in [0, 0.1) is 17.0 Å². The minimum atomic E-state index is -0.436. The van der Waals surface area contributed by atoms with Gasteiger partial charge >= 0.3 is 0 Å². The van der Waals surface area contributed by atoms with Gasteiger partial charge in [0.15, 0.2) is 5.82 Å². The standard InChI is InChI=1S/C12H14N4O3/c1-8-4-2-5-9(11(8)16(17)18)12-14-10(15-19-12)6-3-7-13/h2,4-5H,3,6-7,13H2,1H3. The van der Waals surface area contributed by atoms with Crippen molar-refractivity contribution in [2.75, 3.05) is 6.54 Å². The average molecular weight is 262 g/mol. The Hall–Kier alpha value is -2.28.